The highest BCUT2D eigenvalue weighted by Gasteiger charge is 2.41. The van der Waals surface area contributed by atoms with Crippen molar-refractivity contribution in [1.29, 1.82) is 0 Å². The second-order valence-electron chi connectivity index (χ2n) is 10.7. The molecule has 3 aromatic rings. The SMILES string of the molecule is CCC(=O)C(C[C@@H](C)N(C)C)(c1ccccc1)c1ccccc1.Cc1ccc(S(=O)(=O)NC(CCC(=O)O)C(=O)O)cc1. The van der Waals surface area contributed by atoms with E-state index in [9.17, 15) is 22.8 Å². The number of ketones is 1. The van der Waals surface area contributed by atoms with Crippen LogP contribution in [0.1, 0.15) is 56.2 Å². The number of hydrogen-bond acceptors (Lipinski definition) is 6. The fourth-order valence-corrected chi connectivity index (χ4v) is 5.91. The zero-order valence-corrected chi connectivity index (χ0v) is 26.2. The number of carboxylic acids is 2. The fourth-order valence-electron chi connectivity index (χ4n) is 4.68. The van der Waals surface area contributed by atoms with Crippen LogP contribution in [0.2, 0.25) is 0 Å². The van der Waals surface area contributed by atoms with E-state index in [2.05, 4.69) is 50.2 Å². The molecule has 9 nitrogen and oxygen atoms in total. The Labute approximate surface area is 254 Å². The summed E-state index contributed by atoms with van der Waals surface area (Å²) in [5, 5.41) is 17.4. The van der Waals surface area contributed by atoms with E-state index in [1.54, 1.807) is 19.1 Å². The zero-order valence-electron chi connectivity index (χ0n) is 25.4. The van der Waals surface area contributed by atoms with E-state index in [-0.39, 0.29) is 17.1 Å². The van der Waals surface area contributed by atoms with Crippen LogP contribution >= 0.6 is 0 Å². The van der Waals surface area contributed by atoms with Gasteiger partial charge in [0.25, 0.3) is 0 Å². The van der Waals surface area contributed by atoms with Crippen molar-refractivity contribution in [3.63, 3.8) is 0 Å². The lowest BCUT2D eigenvalue weighted by Crippen LogP contribution is -2.42. The van der Waals surface area contributed by atoms with Crippen molar-refractivity contribution in [3.05, 3.63) is 102 Å². The van der Waals surface area contributed by atoms with Gasteiger partial charge in [-0.15, -0.1) is 0 Å². The lowest BCUT2D eigenvalue weighted by Gasteiger charge is -2.37. The van der Waals surface area contributed by atoms with Crippen LogP contribution in [0, 0.1) is 6.92 Å². The predicted octanol–water partition coefficient (Wildman–Crippen LogP) is 4.88. The van der Waals surface area contributed by atoms with Crippen molar-refractivity contribution < 1.29 is 33.0 Å². The minimum Gasteiger partial charge on any atom is -0.481 e. The van der Waals surface area contributed by atoms with Crippen LogP contribution in [0.5, 0.6) is 0 Å². The number of carbonyl (C=O) groups excluding carboxylic acids is 1. The highest BCUT2D eigenvalue weighted by molar-refractivity contribution is 7.89. The first-order valence-corrected chi connectivity index (χ1v) is 15.6. The predicted molar refractivity (Wildman–Crippen MR) is 167 cm³/mol. The van der Waals surface area contributed by atoms with E-state index >= 15 is 0 Å². The monoisotopic (exact) mass is 610 g/mol. The molecule has 3 N–H and O–H groups in total. The van der Waals surface area contributed by atoms with Crippen molar-refractivity contribution >= 4 is 27.7 Å². The number of carboxylic acid groups (broad SMARTS) is 2. The van der Waals surface area contributed by atoms with E-state index in [1.165, 1.54) is 12.1 Å². The summed E-state index contributed by atoms with van der Waals surface area (Å²) >= 11 is 0. The average Bonchev–Trinajstić information content (AvgIpc) is 2.98. The van der Waals surface area contributed by atoms with Gasteiger partial charge in [0, 0.05) is 18.9 Å². The molecule has 0 heterocycles. The topological polar surface area (TPSA) is 141 Å². The summed E-state index contributed by atoms with van der Waals surface area (Å²) in [5.41, 5.74) is 2.46. The molecule has 43 heavy (non-hydrogen) atoms. The van der Waals surface area contributed by atoms with Gasteiger partial charge in [0.2, 0.25) is 10.0 Å². The highest BCUT2D eigenvalue weighted by atomic mass is 32.2. The second kappa shape index (κ2) is 16.1. The van der Waals surface area contributed by atoms with Gasteiger partial charge < -0.3 is 15.1 Å². The Morgan fingerprint density at radius 2 is 1.35 bits per heavy atom. The third kappa shape index (κ3) is 9.84. The molecule has 0 aliphatic rings. The molecule has 0 amide bonds. The summed E-state index contributed by atoms with van der Waals surface area (Å²) < 4.78 is 26.0. The number of nitrogens with zero attached hydrogens (tertiary/aromatic N) is 1. The first-order chi connectivity index (χ1) is 20.2. The highest BCUT2D eigenvalue weighted by Crippen LogP contribution is 2.39. The van der Waals surface area contributed by atoms with E-state index in [1.807, 2.05) is 48.0 Å². The van der Waals surface area contributed by atoms with Gasteiger partial charge in [-0.3, -0.25) is 14.4 Å². The molecule has 0 radical (unpaired) electrons. The average molecular weight is 611 g/mol. The summed E-state index contributed by atoms with van der Waals surface area (Å²) in [4.78, 5) is 36.7. The molecule has 0 aliphatic carbocycles. The Bertz CT molecular complexity index is 1400. The molecule has 0 fully saturated rings. The summed E-state index contributed by atoms with van der Waals surface area (Å²) in [6.07, 6.45) is 0.549. The molecule has 0 aliphatic heterocycles. The van der Waals surface area contributed by atoms with Gasteiger partial charge in [-0.25, -0.2) is 8.42 Å². The third-order valence-electron chi connectivity index (χ3n) is 7.39. The fraction of sp³-hybridized carbons (Fsp3) is 0.364. The molecule has 0 aromatic heterocycles. The van der Waals surface area contributed by atoms with Crippen LogP contribution < -0.4 is 4.72 Å². The number of carbonyl (C=O) groups is 3. The second-order valence-corrected chi connectivity index (χ2v) is 12.4. The number of benzene rings is 3. The summed E-state index contributed by atoms with van der Waals surface area (Å²) in [6.45, 7) is 5.93. The van der Waals surface area contributed by atoms with E-state index < -0.39 is 39.8 Å². The number of sulfonamides is 1. The zero-order chi connectivity index (χ0) is 32.2. The summed E-state index contributed by atoms with van der Waals surface area (Å²) in [5.74, 6) is -2.32. The largest absolute Gasteiger partial charge is 0.481 e. The normalized spacial score (nSPS) is 13.0. The van der Waals surface area contributed by atoms with Gasteiger partial charge >= 0.3 is 11.9 Å². The van der Waals surface area contributed by atoms with Gasteiger partial charge in [-0.2, -0.15) is 4.72 Å². The lowest BCUT2D eigenvalue weighted by molar-refractivity contribution is -0.140. The molecule has 0 saturated carbocycles. The summed E-state index contributed by atoms with van der Waals surface area (Å²) in [7, 11) is 0.150. The number of hydrogen-bond donors (Lipinski definition) is 3. The Morgan fingerprint density at radius 1 is 0.860 bits per heavy atom. The number of rotatable bonds is 14. The maximum atomic E-state index is 13.2. The standard InChI is InChI=1S/C21H27NO.C12H15NO6S/c1-5-20(23)21(16-17(2)22(3)4,18-12-8-6-9-13-18)19-14-10-7-11-15-19;1-8-2-4-9(5-3-8)20(18,19)13-10(12(16)17)6-7-11(14)15/h6-15,17H,5,16H2,1-4H3;2-5,10,13H,6-7H2,1H3,(H,14,15)(H,16,17)/t17-;/m1./s1. The van der Waals surface area contributed by atoms with Crippen molar-refractivity contribution in [2.45, 2.75) is 68.8 Å². The van der Waals surface area contributed by atoms with Crippen molar-refractivity contribution in [3.8, 4) is 0 Å². The summed E-state index contributed by atoms with van der Waals surface area (Å²) in [6, 6.07) is 25.2. The number of aryl methyl sites for hydroxylation is 1. The van der Waals surface area contributed by atoms with E-state index in [0.717, 1.165) is 23.1 Å². The number of aliphatic carboxylic acids is 2. The molecule has 3 aromatic carbocycles. The van der Waals surface area contributed by atoms with Gasteiger partial charge in [0.05, 0.1) is 10.3 Å². The molecule has 0 bridgehead atoms. The molecule has 232 valence electrons. The quantitative estimate of drug-likeness (QED) is 0.235. The molecular weight excluding hydrogens is 568 g/mol. The van der Waals surface area contributed by atoms with Crippen LogP contribution in [0.15, 0.2) is 89.8 Å². The third-order valence-corrected chi connectivity index (χ3v) is 8.87. The van der Waals surface area contributed by atoms with Crippen LogP contribution in [-0.4, -0.2) is 67.4 Å². The van der Waals surface area contributed by atoms with Crippen molar-refractivity contribution in [2.75, 3.05) is 14.1 Å². The molecule has 2 atom stereocenters. The lowest BCUT2D eigenvalue weighted by atomic mass is 9.67. The molecule has 10 heteroatoms. The first-order valence-electron chi connectivity index (χ1n) is 14.1. The van der Waals surface area contributed by atoms with Crippen LogP contribution in [-0.2, 0) is 29.8 Å². The van der Waals surface area contributed by atoms with Crippen LogP contribution in [0.4, 0.5) is 0 Å². The van der Waals surface area contributed by atoms with Crippen molar-refractivity contribution in [1.82, 2.24) is 9.62 Å². The van der Waals surface area contributed by atoms with Gasteiger partial charge in [0.15, 0.2) is 0 Å². The molecular formula is C33H42N2O7S. The van der Waals surface area contributed by atoms with Crippen molar-refractivity contribution in [2.24, 2.45) is 0 Å². The number of Topliss-reactive ketones (excluding diaryl/α,β-unsaturated/α-hetero) is 1. The maximum absolute atomic E-state index is 13.2. The van der Waals surface area contributed by atoms with Crippen LogP contribution in [0.25, 0.3) is 0 Å². The van der Waals surface area contributed by atoms with Gasteiger partial charge in [-0.05, 0) is 64.0 Å². The minimum atomic E-state index is -3.99. The Morgan fingerprint density at radius 3 is 1.74 bits per heavy atom. The Kier molecular flexibility index (Phi) is 13.2. The van der Waals surface area contributed by atoms with E-state index in [0.29, 0.717) is 12.5 Å². The minimum absolute atomic E-state index is 0.0651. The first kappa shape index (κ1) is 35.3. The maximum Gasteiger partial charge on any atom is 0.321 e. The molecule has 0 spiro atoms. The molecule has 3 rings (SSSR count). The van der Waals surface area contributed by atoms with E-state index in [4.69, 9.17) is 10.2 Å². The molecule has 1 unspecified atom stereocenters. The number of nitrogens with one attached hydrogen (secondary N) is 1. The van der Waals surface area contributed by atoms with Gasteiger partial charge in [0.1, 0.15) is 11.8 Å². The smallest absolute Gasteiger partial charge is 0.321 e. The Hall–Kier alpha value is -3.86. The van der Waals surface area contributed by atoms with Crippen LogP contribution in [0.3, 0.4) is 0 Å². The van der Waals surface area contributed by atoms with Gasteiger partial charge in [-0.1, -0.05) is 85.3 Å². The molecule has 0 saturated heterocycles. The Balaban J connectivity index is 0.000000304.